The molecular weight excluding hydrogens is 301 g/mol. The molecule has 0 aliphatic carbocycles. The van der Waals surface area contributed by atoms with Crippen molar-refractivity contribution in [2.75, 3.05) is 18.0 Å². The molecule has 1 aliphatic rings. The number of benzene rings is 1. The Morgan fingerprint density at radius 3 is 2.89 bits per heavy atom. The molecule has 0 radical (unpaired) electrons. The standard InChI is InChI=1S/C12H11BrFN3O/c13-10-7(5-15)1-2-9(11(10)14)17-4-3-8(6-17)12(16)18/h1-2,8H,3-4,6H2,(H2,16,18). The molecule has 6 heteroatoms. The van der Waals surface area contributed by atoms with Crippen LogP contribution in [0, 0.1) is 23.1 Å². The molecule has 1 unspecified atom stereocenters. The Labute approximate surface area is 112 Å². The summed E-state index contributed by atoms with van der Waals surface area (Å²) in [6, 6.07) is 5.01. The van der Waals surface area contributed by atoms with Crippen LogP contribution in [0.1, 0.15) is 12.0 Å². The smallest absolute Gasteiger partial charge is 0.222 e. The first-order valence-electron chi connectivity index (χ1n) is 5.47. The lowest BCUT2D eigenvalue weighted by molar-refractivity contribution is -0.121. The van der Waals surface area contributed by atoms with E-state index in [0.717, 1.165) is 0 Å². The van der Waals surface area contributed by atoms with E-state index < -0.39 is 5.82 Å². The summed E-state index contributed by atoms with van der Waals surface area (Å²) in [6.07, 6.45) is 0.631. The highest BCUT2D eigenvalue weighted by atomic mass is 79.9. The zero-order valence-electron chi connectivity index (χ0n) is 9.49. The Kier molecular flexibility index (Phi) is 3.53. The van der Waals surface area contributed by atoms with Gasteiger partial charge in [-0.15, -0.1) is 0 Å². The van der Waals surface area contributed by atoms with E-state index in [1.165, 1.54) is 0 Å². The summed E-state index contributed by atoms with van der Waals surface area (Å²) >= 11 is 3.07. The molecule has 0 saturated carbocycles. The first-order valence-corrected chi connectivity index (χ1v) is 6.26. The van der Waals surface area contributed by atoms with Crippen LogP contribution >= 0.6 is 15.9 Å². The van der Waals surface area contributed by atoms with Crippen LogP contribution in [0.5, 0.6) is 0 Å². The summed E-state index contributed by atoms with van der Waals surface area (Å²) in [4.78, 5) is 12.9. The Balaban J connectivity index is 2.29. The van der Waals surface area contributed by atoms with Gasteiger partial charge in [0.2, 0.25) is 5.91 Å². The maximum absolute atomic E-state index is 14.1. The van der Waals surface area contributed by atoms with E-state index in [2.05, 4.69) is 15.9 Å². The van der Waals surface area contributed by atoms with Crippen molar-refractivity contribution in [2.24, 2.45) is 11.7 Å². The highest BCUT2D eigenvalue weighted by molar-refractivity contribution is 9.10. The van der Waals surface area contributed by atoms with Crippen LogP contribution in [0.15, 0.2) is 16.6 Å². The average Bonchev–Trinajstić information content (AvgIpc) is 2.82. The number of carbonyl (C=O) groups excluding carboxylic acids is 1. The molecule has 1 fully saturated rings. The topological polar surface area (TPSA) is 70.1 Å². The van der Waals surface area contributed by atoms with Crippen LogP contribution in [0.2, 0.25) is 0 Å². The molecule has 1 aromatic carbocycles. The van der Waals surface area contributed by atoms with Gasteiger partial charge in [0, 0.05) is 13.1 Å². The van der Waals surface area contributed by atoms with Gasteiger partial charge in [-0.05, 0) is 34.5 Å². The fraction of sp³-hybridized carbons (Fsp3) is 0.333. The van der Waals surface area contributed by atoms with E-state index in [1.54, 1.807) is 17.0 Å². The number of nitrogens with zero attached hydrogens (tertiary/aromatic N) is 2. The molecule has 1 atom stereocenters. The minimum absolute atomic E-state index is 0.157. The highest BCUT2D eigenvalue weighted by Crippen LogP contribution is 2.32. The Hall–Kier alpha value is -1.61. The van der Waals surface area contributed by atoms with Gasteiger partial charge >= 0.3 is 0 Å². The summed E-state index contributed by atoms with van der Waals surface area (Å²) in [5.41, 5.74) is 5.88. The van der Waals surface area contributed by atoms with Crippen LogP contribution in [0.3, 0.4) is 0 Å². The van der Waals surface area contributed by atoms with Crippen molar-refractivity contribution < 1.29 is 9.18 Å². The molecular formula is C12H11BrFN3O. The number of primary amides is 1. The van der Waals surface area contributed by atoms with E-state index in [4.69, 9.17) is 11.0 Å². The number of carbonyl (C=O) groups is 1. The average molecular weight is 312 g/mol. The largest absolute Gasteiger partial charge is 0.369 e. The SMILES string of the molecule is N#Cc1ccc(N2CCC(C(N)=O)C2)c(F)c1Br. The molecule has 18 heavy (non-hydrogen) atoms. The van der Waals surface area contributed by atoms with E-state index in [0.29, 0.717) is 25.2 Å². The van der Waals surface area contributed by atoms with Crippen molar-refractivity contribution in [3.05, 3.63) is 28.0 Å². The predicted octanol–water partition coefficient (Wildman–Crippen LogP) is 1.77. The first kappa shape index (κ1) is 12.8. The van der Waals surface area contributed by atoms with Gasteiger partial charge < -0.3 is 10.6 Å². The normalized spacial score (nSPS) is 18.7. The summed E-state index contributed by atoms with van der Waals surface area (Å²) < 4.78 is 14.2. The van der Waals surface area contributed by atoms with E-state index in [-0.39, 0.29) is 21.9 Å². The summed E-state index contributed by atoms with van der Waals surface area (Å²) in [7, 11) is 0. The molecule has 1 saturated heterocycles. The van der Waals surface area contributed by atoms with Gasteiger partial charge in [-0.2, -0.15) is 5.26 Å². The number of hydrogen-bond donors (Lipinski definition) is 1. The second kappa shape index (κ2) is 4.94. The van der Waals surface area contributed by atoms with Gasteiger partial charge in [-0.25, -0.2) is 4.39 Å². The fourth-order valence-corrected chi connectivity index (χ4v) is 2.51. The highest BCUT2D eigenvalue weighted by Gasteiger charge is 2.28. The second-order valence-corrected chi connectivity index (χ2v) is 5.00. The molecule has 2 N–H and O–H groups in total. The van der Waals surface area contributed by atoms with Crippen LogP contribution in [0.25, 0.3) is 0 Å². The number of hydrogen-bond acceptors (Lipinski definition) is 3. The van der Waals surface area contributed by atoms with E-state index in [1.807, 2.05) is 6.07 Å². The van der Waals surface area contributed by atoms with E-state index in [9.17, 15) is 9.18 Å². The zero-order chi connectivity index (χ0) is 13.3. The van der Waals surface area contributed by atoms with Crippen molar-refractivity contribution in [1.29, 1.82) is 5.26 Å². The number of halogens is 2. The summed E-state index contributed by atoms with van der Waals surface area (Å²) in [5, 5.41) is 8.79. The maximum atomic E-state index is 14.1. The lowest BCUT2D eigenvalue weighted by atomic mass is 10.1. The van der Waals surface area contributed by atoms with Crippen molar-refractivity contribution in [3.63, 3.8) is 0 Å². The van der Waals surface area contributed by atoms with Gasteiger partial charge in [0.1, 0.15) is 6.07 Å². The Morgan fingerprint density at radius 1 is 1.61 bits per heavy atom. The quantitative estimate of drug-likeness (QED) is 0.905. The molecule has 1 aromatic rings. The number of anilines is 1. The monoisotopic (exact) mass is 311 g/mol. The fourth-order valence-electron chi connectivity index (χ4n) is 2.08. The molecule has 2 rings (SSSR count). The second-order valence-electron chi connectivity index (χ2n) is 4.21. The van der Waals surface area contributed by atoms with Gasteiger partial charge in [0.05, 0.1) is 21.6 Å². The number of amides is 1. The lowest BCUT2D eigenvalue weighted by Gasteiger charge is -2.19. The third-order valence-corrected chi connectivity index (χ3v) is 3.89. The molecule has 1 heterocycles. The van der Waals surface area contributed by atoms with Crippen molar-refractivity contribution in [2.45, 2.75) is 6.42 Å². The Bertz CT molecular complexity index is 541. The maximum Gasteiger partial charge on any atom is 0.222 e. The van der Waals surface area contributed by atoms with Gasteiger partial charge in [-0.3, -0.25) is 4.79 Å². The van der Waals surface area contributed by atoms with Crippen molar-refractivity contribution in [1.82, 2.24) is 0 Å². The van der Waals surface area contributed by atoms with Gasteiger partial charge in [0.25, 0.3) is 0 Å². The molecule has 0 aromatic heterocycles. The van der Waals surface area contributed by atoms with Crippen molar-refractivity contribution in [3.8, 4) is 6.07 Å². The molecule has 0 bridgehead atoms. The molecule has 1 aliphatic heterocycles. The molecule has 1 amide bonds. The molecule has 0 spiro atoms. The van der Waals surface area contributed by atoms with Crippen molar-refractivity contribution >= 4 is 27.5 Å². The van der Waals surface area contributed by atoms with Gasteiger partial charge in [0.15, 0.2) is 5.82 Å². The van der Waals surface area contributed by atoms with Crippen LogP contribution < -0.4 is 10.6 Å². The van der Waals surface area contributed by atoms with Gasteiger partial charge in [-0.1, -0.05) is 0 Å². The third-order valence-electron chi connectivity index (χ3n) is 3.11. The zero-order valence-corrected chi connectivity index (χ0v) is 11.1. The summed E-state index contributed by atoms with van der Waals surface area (Å²) in [6.45, 7) is 1.01. The molecule has 4 nitrogen and oxygen atoms in total. The van der Waals surface area contributed by atoms with E-state index >= 15 is 0 Å². The lowest BCUT2D eigenvalue weighted by Crippen LogP contribution is -2.27. The minimum atomic E-state index is -0.473. The first-order chi connectivity index (χ1) is 8.54. The molecule has 94 valence electrons. The number of rotatable bonds is 2. The third kappa shape index (κ3) is 2.18. The number of nitriles is 1. The summed E-state index contributed by atoms with van der Waals surface area (Å²) in [5.74, 6) is -1.07. The predicted molar refractivity (Wildman–Crippen MR) is 68.3 cm³/mol. The minimum Gasteiger partial charge on any atom is -0.369 e. The van der Waals surface area contributed by atoms with Crippen LogP contribution in [-0.2, 0) is 4.79 Å². The van der Waals surface area contributed by atoms with Crippen LogP contribution in [-0.4, -0.2) is 19.0 Å². The number of nitrogens with two attached hydrogens (primary N) is 1. The Morgan fingerprint density at radius 2 is 2.33 bits per heavy atom. The van der Waals surface area contributed by atoms with Crippen LogP contribution in [0.4, 0.5) is 10.1 Å².